The Hall–Kier alpha value is -1.35. The van der Waals surface area contributed by atoms with Crippen molar-refractivity contribution < 1.29 is 0 Å². The molecule has 0 bridgehead atoms. The molecular weight excluding hydrogens is 246 g/mol. The summed E-state index contributed by atoms with van der Waals surface area (Å²) < 4.78 is 2.18. The summed E-state index contributed by atoms with van der Waals surface area (Å²) in [6.07, 6.45) is 2.45. The first kappa shape index (κ1) is 15.0. The van der Waals surface area contributed by atoms with E-state index < -0.39 is 0 Å². The summed E-state index contributed by atoms with van der Waals surface area (Å²) in [6.45, 7) is 10.7. The highest BCUT2D eigenvalue weighted by Gasteiger charge is 2.10. The summed E-state index contributed by atoms with van der Waals surface area (Å²) in [6, 6.07) is 9.04. The van der Waals surface area contributed by atoms with Gasteiger partial charge in [-0.1, -0.05) is 45.9 Å². The lowest BCUT2D eigenvalue weighted by molar-refractivity contribution is 0.491. The van der Waals surface area contributed by atoms with E-state index in [9.17, 15) is 0 Å². The van der Waals surface area contributed by atoms with Crippen LogP contribution in [0.25, 0.3) is 10.9 Å². The minimum absolute atomic E-state index is 0.486. The van der Waals surface area contributed by atoms with E-state index in [2.05, 4.69) is 62.0 Å². The first-order chi connectivity index (χ1) is 9.58. The Morgan fingerprint density at radius 1 is 1.15 bits per heavy atom. The molecule has 1 aromatic carbocycles. The SMILES string of the molecule is CC(C)CCCn1nc(CNC(C)C)c2ccccc21. The molecule has 3 heteroatoms. The van der Waals surface area contributed by atoms with Crippen LogP contribution in [-0.4, -0.2) is 15.8 Å². The van der Waals surface area contributed by atoms with Gasteiger partial charge in [-0.25, -0.2) is 0 Å². The van der Waals surface area contributed by atoms with E-state index in [0.717, 1.165) is 19.0 Å². The van der Waals surface area contributed by atoms with E-state index in [0.29, 0.717) is 6.04 Å². The van der Waals surface area contributed by atoms with Crippen LogP contribution in [0.1, 0.15) is 46.2 Å². The molecule has 0 spiro atoms. The number of aromatic nitrogens is 2. The summed E-state index contributed by atoms with van der Waals surface area (Å²) in [7, 11) is 0. The van der Waals surface area contributed by atoms with Crippen molar-refractivity contribution in [2.24, 2.45) is 5.92 Å². The van der Waals surface area contributed by atoms with Crippen LogP contribution in [0.15, 0.2) is 24.3 Å². The minimum atomic E-state index is 0.486. The lowest BCUT2D eigenvalue weighted by Gasteiger charge is -2.06. The third kappa shape index (κ3) is 3.83. The van der Waals surface area contributed by atoms with Gasteiger partial charge in [0.1, 0.15) is 0 Å². The van der Waals surface area contributed by atoms with Gasteiger partial charge >= 0.3 is 0 Å². The van der Waals surface area contributed by atoms with Crippen molar-refractivity contribution in [3.05, 3.63) is 30.0 Å². The van der Waals surface area contributed by atoms with Gasteiger partial charge in [-0.2, -0.15) is 5.10 Å². The molecule has 1 N–H and O–H groups in total. The van der Waals surface area contributed by atoms with Gasteiger partial charge in [0.25, 0.3) is 0 Å². The molecule has 0 aliphatic carbocycles. The molecule has 1 aromatic heterocycles. The maximum absolute atomic E-state index is 4.81. The Morgan fingerprint density at radius 3 is 2.60 bits per heavy atom. The molecule has 0 aliphatic rings. The Kier molecular flexibility index (Phi) is 5.18. The van der Waals surface area contributed by atoms with E-state index >= 15 is 0 Å². The number of hydrogen-bond donors (Lipinski definition) is 1. The molecule has 0 amide bonds. The molecule has 0 radical (unpaired) electrons. The van der Waals surface area contributed by atoms with Gasteiger partial charge in [-0.05, 0) is 24.8 Å². The normalized spacial score (nSPS) is 11.9. The highest BCUT2D eigenvalue weighted by atomic mass is 15.3. The summed E-state index contributed by atoms with van der Waals surface area (Å²) in [5, 5.41) is 9.56. The summed E-state index contributed by atoms with van der Waals surface area (Å²) in [5.41, 5.74) is 2.43. The molecule has 2 rings (SSSR count). The van der Waals surface area contributed by atoms with Gasteiger partial charge in [-0.15, -0.1) is 0 Å². The van der Waals surface area contributed by atoms with Crippen LogP contribution >= 0.6 is 0 Å². The molecule has 0 atom stereocenters. The van der Waals surface area contributed by atoms with Crippen molar-refractivity contribution in [1.82, 2.24) is 15.1 Å². The smallest absolute Gasteiger partial charge is 0.0841 e. The molecule has 2 aromatic rings. The molecule has 1 heterocycles. The number of rotatable bonds is 7. The lowest BCUT2D eigenvalue weighted by atomic mass is 10.1. The van der Waals surface area contributed by atoms with E-state index in [1.807, 2.05) is 0 Å². The molecule has 0 saturated carbocycles. The molecule has 0 unspecified atom stereocenters. The quantitative estimate of drug-likeness (QED) is 0.827. The van der Waals surface area contributed by atoms with Gasteiger partial charge in [-0.3, -0.25) is 4.68 Å². The standard InChI is InChI=1S/C17H27N3/c1-13(2)8-7-11-20-17-10-6-5-9-15(17)16(19-20)12-18-14(3)4/h5-6,9-10,13-14,18H,7-8,11-12H2,1-4H3. The van der Waals surface area contributed by atoms with Gasteiger partial charge in [0.2, 0.25) is 0 Å². The van der Waals surface area contributed by atoms with Crippen LogP contribution in [0, 0.1) is 5.92 Å². The van der Waals surface area contributed by atoms with Crippen molar-refractivity contribution in [1.29, 1.82) is 0 Å². The fourth-order valence-corrected chi connectivity index (χ4v) is 2.45. The van der Waals surface area contributed by atoms with Gasteiger partial charge in [0.05, 0.1) is 11.2 Å². The van der Waals surface area contributed by atoms with Crippen LogP contribution in [0.3, 0.4) is 0 Å². The van der Waals surface area contributed by atoms with Gasteiger partial charge < -0.3 is 5.32 Å². The second-order valence-corrected chi connectivity index (χ2v) is 6.26. The lowest BCUT2D eigenvalue weighted by Crippen LogP contribution is -2.22. The maximum atomic E-state index is 4.81. The first-order valence-electron chi connectivity index (χ1n) is 7.75. The zero-order valence-electron chi connectivity index (χ0n) is 13.2. The first-order valence-corrected chi connectivity index (χ1v) is 7.75. The summed E-state index contributed by atoms with van der Waals surface area (Å²) in [4.78, 5) is 0. The van der Waals surface area contributed by atoms with Crippen molar-refractivity contribution in [3.63, 3.8) is 0 Å². The van der Waals surface area contributed by atoms with Crippen LogP contribution in [0.2, 0.25) is 0 Å². The Balaban J connectivity index is 2.17. The predicted molar refractivity (Wildman–Crippen MR) is 85.8 cm³/mol. The maximum Gasteiger partial charge on any atom is 0.0841 e. The summed E-state index contributed by atoms with van der Waals surface area (Å²) >= 11 is 0. The zero-order chi connectivity index (χ0) is 14.5. The van der Waals surface area contributed by atoms with Crippen molar-refractivity contribution in [2.45, 2.75) is 59.7 Å². The van der Waals surface area contributed by atoms with E-state index in [-0.39, 0.29) is 0 Å². The number of aryl methyl sites for hydroxylation is 1. The number of nitrogens with one attached hydrogen (secondary N) is 1. The van der Waals surface area contributed by atoms with Gasteiger partial charge in [0, 0.05) is 24.5 Å². The Labute approximate surface area is 122 Å². The second-order valence-electron chi connectivity index (χ2n) is 6.26. The van der Waals surface area contributed by atoms with E-state index in [1.165, 1.54) is 29.4 Å². The topological polar surface area (TPSA) is 29.9 Å². The number of benzene rings is 1. The summed E-state index contributed by atoms with van der Waals surface area (Å²) in [5.74, 6) is 0.763. The zero-order valence-corrected chi connectivity index (χ0v) is 13.2. The molecule has 20 heavy (non-hydrogen) atoms. The average Bonchev–Trinajstić information content (AvgIpc) is 2.75. The molecule has 3 nitrogen and oxygen atoms in total. The molecule has 110 valence electrons. The monoisotopic (exact) mass is 273 g/mol. The average molecular weight is 273 g/mol. The number of hydrogen-bond acceptors (Lipinski definition) is 2. The van der Waals surface area contributed by atoms with Crippen LogP contribution < -0.4 is 5.32 Å². The van der Waals surface area contributed by atoms with Gasteiger partial charge in [0.15, 0.2) is 0 Å². The second kappa shape index (κ2) is 6.89. The molecule has 0 aliphatic heterocycles. The Bertz CT molecular complexity index is 540. The predicted octanol–water partition coefficient (Wildman–Crippen LogP) is 3.97. The van der Waals surface area contributed by atoms with Crippen LogP contribution in [-0.2, 0) is 13.1 Å². The van der Waals surface area contributed by atoms with Crippen molar-refractivity contribution in [3.8, 4) is 0 Å². The Morgan fingerprint density at radius 2 is 1.90 bits per heavy atom. The third-order valence-corrected chi connectivity index (χ3v) is 3.56. The van der Waals surface area contributed by atoms with Crippen LogP contribution in [0.4, 0.5) is 0 Å². The largest absolute Gasteiger partial charge is 0.309 e. The number of para-hydroxylation sites is 1. The highest BCUT2D eigenvalue weighted by molar-refractivity contribution is 5.81. The number of fused-ring (bicyclic) bond motifs is 1. The van der Waals surface area contributed by atoms with Crippen molar-refractivity contribution in [2.75, 3.05) is 0 Å². The minimum Gasteiger partial charge on any atom is -0.309 e. The fourth-order valence-electron chi connectivity index (χ4n) is 2.45. The molecule has 0 fully saturated rings. The highest BCUT2D eigenvalue weighted by Crippen LogP contribution is 2.19. The van der Waals surface area contributed by atoms with E-state index in [4.69, 9.17) is 5.10 Å². The molecule has 0 saturated heterocycles. The third-order valence-electron chi connectivity index (χ3n) is 3.56. The van der Waals surface area contributed by atoms with E-state index in [1.54, 1.807) is 0 Å². The number of nitrogens with zero attached hydrogens (tertiary/aromatic N) is 2. The van der Waals surface area contributed by atoms with Crippen molar-refractivity contribution >= 4 is 10.9 Å². The van der Waals surface area contributed by atoms with Crippen LogP contribution in [0.5, 0.6) is 0 Å². The fraction of sp³-hybridized carbons (Fsp3) is 0.588. The molecular formula is C17H27N3.